The predicted octanol–water partition coefficient (Wildman–Crippen LogP) is 10.4. The summed E-state index contributed by atoms with van der Waals surface area (Å²) in [6, 6.07) is 55.0. The smallest absolute Gasteiger partial charge is 0.0541 e. The lowest BCUT2D eigenvalue weighted by Crippen LogP contribution is -1.98. The molecule has 0 unspecified atom stereocenters. The Morgan fingerprint density at radius 2 is 0.949 bits per heavy atom. The van der Waals surface area contributed by atoms with Crippen molar-refractivity contribution in [3.63, 3.8) is 0 Å². The minimum atomic E-state index is 1.19. The fourth-order valence-electron chi connectivity index (χ4n) is 6.33. The average Bonchev–Trinajstić information content (AvgIpc) is 3.34. The van der Waals surface area contributed by atoms with Crippen LogP contribution in [0.3, 0.4) is 0 Å². The molecule has 0 saturated carbocycles. The van der Waals surface area contributed by atoms with Gasteiger partial charge in [-0.2, -0.15) is 0 Å². The first-order valence-electron chi connectivity index (χ1n) is 13.5. The summed E-state index contributed by atoms with van der Waals surface area (Å²) in [6.07, 6.45) is 0. The molecule has 182 valence electrons. The molecule has 1 nitrogen and oxygen atoms in total. The number of hydrogen-bond acceptors (Lipinski definition) is 0. The van der Waals surface area contributed by atoms with Gasteiger partial charge in [-0.3, -0.25) is 0 Å². The third-order valence-electron chi connectivity index (χ3n) is 7.97. The second-order valence-electron chi connectivity index (χ2n) is 10.1. The van der Waals surface area contributed by atoms with Crippen LogP contribution in [0, 0.1) is 0 Å². The lowest BCUT2D eigenvalue weighted by atomic mass is 9.87. The van der Waals surface area contributed by atoms with Crippen LogP contribution in [0.4, 0.5) is 0 Å². The summed E-state index contributed by atoms with van der Waals surface area (Å²) in [7, 11) is 0. The molecule has 0 atom stereocenters. The number of nitrogens with zero attached hydrogens (tertiary/aromatic N) is 1. The summed E-state index contributed by atoms with van der Waals surface area (Å²) < 4.78 is 2.43. The van der Waals surface area contributed by atoms with Crippen LogP contribution in [0.1, 0.15) is 0 Å². The van der Waals surface area contributed by atoms with E-state index < -0.39 is 0 Å². The van der Waals surface area contributed by atoms with Crippen LogP contribution >= 0.6 is 0 Å². The van der Waals surface area contributed by atoms with E-state index in [1.165, 1.54) is 71.3 Å². The van der Waals surface area contributed by atoms with Crippen molar-refractivity contribution in [2.45, 2.75) is 0 Å². The minimum Gasteiger partial charge on any atom is -0.309 e. The average molecular weight is 496 g/mol. The zero-order valence-corrected chi connectivity index (χ0v) is 21.4. The zero-order valence-electron chi connectivity index (χ0n) is 21.4. The lowest BCUT2D eigenvalue weighted by Gasteiger charge is -2.19. The van der Waals surface area contributed by atoms with Crippen LogP contribution in [0.25, 0.3) is 71.3 Å². The molecule has 8 aromatic rings. The second-order valence-corrected chi connectivity index (χ2v) is 10.1. The Balaban J connectivity index is 1.52. The standard InChI is InChI=1S/C38H25N/c1-2-13-26(14-3-1)37-29-17-5-4-15-27(29)25-28-16-12-21-33(38(28)37)32-20-8-11-24-36(32)39-34-22-9-6-18-30(34)31-19-7-10-23-35(31)39/h1-25H. The Kier molecular flexibility index (Phi) is 4.89. The van der Waals surface area contributed by atoms with E-state index >= 15 is 0 Å². The maximum atomic E-state index is 2.43. The van der Waals surface area contributed by atoms with E-state index in [0.717, 1.165) is 0 Å². The third-order valence-corrected chi connectivity index (χ3v) is 7.97. The van der Waals surface area contributed by atoms with Crippen molar-refractivity contribution in [1.29, 1.82) is 0 Å². The maximum absolute atomic E-state index is 2.43. The molecule has 0 aliphatic carbocycles. The predicted molar refractivity (Wildman–Crippen MR) is 167 cm³/mol. The Labute approximate surface area is 227 Å². The van der Waals surface area contributed by atoms with Gasteiger partial charge in [0.25, 0.3) is 0 Å². The Bertz CT molecular complexity index is 2110. The number of fused-ring (bicyclic) bond motifs is 5. The highest BCUT2D eigenvalue weighted by molar-refractivity contribution is 6.18. The fourth-order valence-corrected chi connectivity index (χ4v) is 6.33. The van der Waals surface area contributed by atoms with E-state index in [1.54, 1.807) is 0 Å². The molecule has 0 radical (unpaired) electrons. The number of para-hydroxylation sites is 3. The van der Waals surface area contributed by atoms with Gasteiger partial charge in [0, 0.05) is 16.3 Å². The lowest BCUT2D eigenvalue weighted by molar-refractivity contribution is 1.18. The van der Waals surface area contributed by atoms with Crippen molar-refractivity contribution in [2.24, 2.45) is 0 Å². The van der Waals surface area contributed by atoms with Gasteiger partial charge >= 0.3 is 0 Å². The molecule has 0 bridgehead atoms. The molecule has 0 spiro atoms. The van der Waals surface area contributed by atoms with Crippen molar-refractivity contribution in [1.82, 2.24) is 4.57 Å². The van der Waals surface area contributed by atoms with Crippen molar-refractivity contribution >= 4 is 43.4 Å². The zero-order chi connectivity index (χ0) is 25.8. The van der Waals surface area contributed by atoms with Gasteiger partial charge in [-0.05, 0) is 62.5 Å². The van der Waals surface area contributed by atoms with Crippen LogP contribution in [0.2, 0.25) is 0 Å². The van der Waals surface area contributed by atoms with Gasteiger partial charge in [-0.25, -0.2) is 0 Å². The van der Waals surface area contributed by atoms with Crippen molar-refractivity contribution in [2.75, 3.05) is 0 Å². The van der Waals surface area contributed by atoms with Gasteiger partial charge in [0.05, 0.1) is 16.7 Å². The summed E-state index contributed by atoms with van der Waals surface area (Å²) >= 11 is 0. The van der Waals surface area contributed by atoms with Gasteiger partial charge in [-0.1, -0.05) is 127 Å². The molecule has 0 amide bonds. The van der Waals surface area contributed by atoms with E-state index in [4.69, 9.17) is 0 Å². The highest BCUT2D eigenvalue weighted by Crippen LogP contribution is 2.44. The molecule has 0 aliphatic rings. The summed E-state index contributed by atoms with van der Waals surface area (Å²) in [4.78, 5) is 0. The Morgan fingerprint density at radius 1 is 0.385 bits per heavy atom. The molecule has 0 aliphatic heterocycles. The van der Waals surface area contributed by atoms with Gasteiger partial charge in [0.1, 0.15) is 0 Å². The van der Waals surface area contributed by atoms with Gasteiger partial charge in [-0.15, -0.1) is 0 Å². The first-order valence-corrected chi connectivity index (χ1v) is 13.5. The van der Waals surface area contributed by atoms with Gasteiger partial charge < -0.3 is 4.57 Å². The molecule has 0 fully saturated rings. The molecule has 7 aromatic carbocycles. The van der Waals surface area contributed by atoms with Crippen LogP contribution in [0.15, 0.2) is 152 Å². The first kappa shape index (κ1) is 21.9. The third kappa shape index (κ3) is 3.34. The number of benzene rings is 7. The SMILES string of the molecule is c1ccc(-c2c3ccccc3cc3cccc(-c4ccccc4-n4c5ccccc5c5ccccc54)c23)cc1. The molecular weight excluding hydrogens is 470 g/mol. The molecule has 8 rings (SSSR count). The second kappa shape index (κ2) is 8.72. The Hall–Kier alpha value is -5.14. The monoisotopic (exact) mass is 495 g/mol. The van der Waals surface area contributed by atoms with Crippen LogP contribution in [-0.2, 0) is 0 Å². The normalized spacial score (nSPS) is 11.6. The highest BCUT2D eigenvalue weighted by Gasteiger charge is 2.19. The topological polar surface area (TPSA) is 4.93 Å². The molecule has 1 heterocycles. The van der Waals surface area contributed by atoms with Gasteiger partial charge in [0.15, 0.2) is 0 Å². The van der Waals surface area contributed by atoms with E-state index in [9.17, 15) is 0 Å². The number of hydrogen-bond donors (Lipinski definition) is 0. The molecule has 39 heavy (non-hydrogen) atoms. The number of rotatable bonds is 3. The van der Waals surface area contributed by atoms with E-state index in [2.05, 4.69) is 156 Å². The quantitative estimate of drug-likeness (QED) is 0.215. The fraction of sp³-hybridized carbons (Fsp3) is 0. The van der Waals surface area contributed by atoms with E-state index in [1.807, 2.05) is 0 Å². The molecular formula is C38H25N. The summed E-state index contributed by atoms with van der Waals surface area (Å²) in [5, 5.41) is 7.63. The maximum Gasteiger partial charge on any atom is 0.0541 e. The van der Waals surface area contributed by atoms with Crippen LogP contribution < -0.4 is 0 Å². The van der Waals surface area contributed by atoms with Crippen LogP contribution in [0.5, 0.6) is 0 Å². The first-order chi connectivity index (χ1) is 19.4. The molecule has 0 saturated heterocycles. The Morgan fingerprint density at radius 3 is 1.72 bits per heavy atom. The van der Waals surface area contributed by atoms with Crippen molar-refractivity contribution in [3.8, 4) is 27.9 Å². The summed E-state index contributed by atoms with van der Waals surface area (Å²) in [6.45, 7) is 0. The van der Waals surface area contributed by atoms with Gasteiger partial charge in [0.2, 0.25) is 0 Å². The van der Waals surface area contributed by atoms with Crippen molar-refractivity contribution < 1.29 is 0 Å². The van der Waals surface area contributed by atoms with Crippen molar-refractivity contribution in [3.05, 3.63) is 152 Å². The molecule has 0 N–H and O–H groups in total. The summed E-state index contributed by atoms with van der Waals surface area (Å²) in [5.74, 6) is 0. The largest absolute Gasteiger partial charge is 0.309 e. The highest BCUT2D eigenvalue weighted by atomic mass is 15.0. The number of aromatic nitrogens is 1. The van der Waals surface area contributed by atoms with E-state index in [0.29, 0.717) is 0 Å². The minimum absolute atomic E-state index is 1.19. The van der Waals surface area contributed by atoms with Crippen LogP contribution in [-0.4, -0.2) is 4.57 Å². The molecule has 1 aromatic heterocycles. The molecule has 1 heteroatoms. The van der Waals surface area contributed by atoms with E-state index in [-0.39, 0.29) is 0 Å². The summed E-state index contributed by atoms with van der Waals surface area (Å²) in [5.41, 5.74) is 8.63.